The minimum absolute atomic E-state index is 0.139. The summed E-state index contributed by atoms with van der Waals surface area (Å²) in [6.45, 7) is 6.01. The fourth-order valence-electron chi connectivity index (χ4n) is 2.30. The molecule has 1 aliphatic heterocycles. The van der Waals surface area contributed by atoms with Gasteiger partial charge in [-0.3, -0.25) is 4.90 Å². The molecule has 6 heteroatoms. The number of thioether (sulfide) groups is 1. The van der Waals surface area contributed by atoms with E-state index >= 15 is 0 Å². The summed E-state index contributed by atoms with van der Waals surface area (Å²) in [5.41, 5.74) is 1.82. The van der Waals surface area contributed by atoms with E-state index in [1.165, 1.54) is 16.7 Å². The Kier molecular flexibility index (Phi) is 4.77. The highest BCUT2D eigenvalue weighted by atomic mass is 32.2. The van der Waals surface area contributed by atoms with Crippen LogP contribution in [-0.2, 0) is 4.79 Å². The molecule has 114 valence electrons. The van der Waals surface area contributed by atoms with Crippen molar-refractivity contribution >= 4 is 29.4 Å². The van der Waals surface area contributed by atoms with Gasteiger partial charge in [-0.05, 0) is 30.5 Å². The Morgan fingerprint density at radius 2 is 2.14 bits per heavy atom. The van der Waals surface area contributed by atoms with Crippen molar-refractivity contribution in [1.82, 2.24) is 4.90 Å². The van der Waals surface area contributed by atoms with Gasteiger partial charge in [-0.2, -0.15) is 0 Å². The molecule has 1 aromatic carbocycles. The summed E-state index contributed by atoms with van der Waals surface area (Å²) in [6.07, 6.45) is 0. The third-order valence-electron chi connectivity index (χ3n) is 3.55. The number of hydrogen-bond acceptors (Lipinski definition) is 3. The molecule has 1 aromatic rings. The van der Waals surface area contributed by atoms with Gasteiger partial charge >= 0.3 is 12.0 Å². The van der Waals surface area contributed by atoms with Crippen LogP contribution in [0.5, 0.6) is 0 Å². The quantitative estimate of drug-likeness (QED) is 0.899. The normalized spacial score (nSPS) is 21.6. The van der Waals surface area contributed by atoms with Crippen molar-refractivity contribution in [2.24, 2.45) is 0 Å². The number of carboxylic acid groups (broad SMARTS) is 1. The standard InChI is InChI=1S/C15H20N2O3S/c1-9(2)11-5-4-6-12(7-11)16-15(20)17-10(3)21-8-13(17)14(18)19/h4-7,9-10,13H,8H2,1-3H3,(H,16,20)(H,18,19). The Hall–Kier alpha value is -1.69. The second-order valence-corrected chi connectivity index (χ2v) is 6.75. The van der Waals surface area contributed by atoms with Gasteiger partial charge in [0.15, 0.2) is 0 Å². The number of aliphatic carboxylic acids is 1. The molecular formula is C15H20N2O3S. The van der Waals surface area contributed by atoms with Gasteiger partial charge in [-0.25, -0.2) is 9.59 Å². The lowest BCUT2D eigenvalue weighted by molar-refractivity contribution is -0.141. The molecule has 2 unspecified atom stereocenters. The number of carbonyl (C=O) groups is 2. The molecule has 0 aromatic heterocycles. The molecule has 2 amide bonds. The largest absolute Gasteiger partial charge is 0.480 e. The van der Waals surface area contributed by atoms with E-state index in [9.17, 15) is 14.7 Å². The number of benzene rings is 1. The zero-order chi connectivity index (χ0) is 15.6. The van der Waals surface area contributed by atoms with Gasteiger partial charge in [-0.1, -0.05) is 26.0 Å². The molecular weight excluding hydrogens is 288 g/mol. The van der Waals surface area contributed by atoms with Crippen LogP contribution in [0.15, 0.2) is 24.3 Å². The van der Waals surface area contributed by atoms with Crippen LogP contribution in [0.4, 0.5) is 10.5 Å². The zero-order valence-electron chi connectivity index (χ0n) is 12.4. The summed E-state index contributed by atoms with van der Waals surface area (Å²) in [6, 6.07) is 6.51. The van der Waals surface area contributed by atoms with Gasteiger partial charge in [0, 0.05) is 11.4 Å². The van der Waals surface area contributed by atoms with Crippen LogP contribution < -0.4 is 5.32 Å². The first kappa shape index (κ1) is 15.7. The van der Waals surface area contributed by atoms with E-state index in [4.69, 9.17) is 0 Å². The summed E-state index contributed by atoms with van der Waals surface area (Å²) < 4.78 is 0. The van der Waals surface area contributed by atoms with E-state index in [0.717, 1.165) is 5.56 Å². The first-order chi connectivity index (χ1) is 9.90. The number of carboxylic acids is 1. The molecule has 1 heterocycles. The number of amides is 2. The molecule has 0 aliphatic carbocycles. The Morgan fingerprint density at radius 3 is 2.76 bits per heavy atom. The highest BCUT2D eigenvalue weighted by Gasteiger charge is 2.39. The molecule has 1 fully saturated rings. The van der Waals surface area contributed by atoms with Crippen LogP contribution >= 0.6 is 11.8 Å². The minimum Gasteiger partial charge on any atom is -0.480 e. The zero-order valence-corrected chi connectivity index (χ0v) is 13.2. The smallest absolute Gasteiger partial charge is 0.327 e. The van der Waals surface area contributed by atoms with Gasteiger partial charge in [-0.15, -0.1) is 11.8 Å². The van der Waals surface area contributed by atoms with Crippen molar-refractivity contribution in [1.29, 1.82) is 0 Å². The second kappa shape index (κ2) is 6.39. The summed E-state index contributed by atoms with van der Waals surface area (Å²) in [4.78, 5) is 25.0. The molecule has 21 heavy (non-hydrogen) atoms. The van der Waals surface area contributed by atoms with E-state index < -0.39 is 12.0 Å². The number of carbonyl (C=O) groups excluding carboxylic acids is 1. The van der Waals surface area contributed by atoms with Gasteiger partial charge in [0.1, 0.15) is 6.04 Å². The van der Waals surface area contributed by atoms with Crippen molar-refractivity contribution in [3.63, 3.8) is 0 Å². The van der Waals surface area contributed by atoms with Crippen LogP contribution in [0, 0.1) is 0 Å². The van der Waals surface area contributed by atoms with Crippen molar-refractivity contribution in [3.05, 3.63) is 29.8 Å². The van der Waals surface area contributed by atoms with Crippen molar-refractivity contribution in [3.8, 4) is 0 Å². The molecule has 2 atom stereocenters. The van der Waals surface area contributed by atoms with Gasteiger partial charge in [0.05, 0.1) is 5.37 Å². The lowest BCUT2D eigenvalue weighted by atomic mass is 10.0. The Bertz CT molecular complexity index is 547. The van der Waals surface area contributed by atoms with Crippen LogP contribution in [0.2, 0.25) is 0 Å². The topological polar surface area (TPSA) is 69.6 Å². The molecule has 5 nitrogen and oxygen atoms in total. The van der Waals surface area contributed by atoms with E-state index in [1.54, 1.807) is 0 Å². The lowest BCUT2D eigenvalue weighted by Gasteiger charge is -2.25. The molecule has 1 aliphatic rings. The molecule has 0 saturated carbocycles. The summed E-state index contributed by atoms with van der Waals surface area (Å²) >= 11 is 1.47. The van der Waals surface area contributed by atoms with Crippen molar-refractivity contribution < 1.29 is 14.7 Å². The van der Waals surface area contributed by atoms with E-state index in [1.807, 2.05) is 31.2 Å². The molecule has 2 N–H and O–H groups in total. The van der Waals surface area contributed by atoms with Gasteiger partial charge < -0.3 is 10.4 Å². The number of urea groups is 1. The number of nitrogens with one attached hydrogen (secondary N) is 1. The number of rotatable bonds is 3. The van der Waals surface area contributed by atoms with E-state index in [-0.39, 0.29) is 11.4 Å². The Labute approximate surface area is 128 Å². The fourth-order valence-corrected chi connectivity index (χ4v) is 3.47. The van der Waals surface area contributed by atoms with Crippen LogP contribution in [0.25, 0.3) is 0 Å². The van der Waals surface area contributed by atoms with E-state index in [2.05, 4.69) is 19.2 Å². The summed E-state index contributed by atoms with van der Waals surface area (Å²) in [5.74, 6) is -0.163. The third-order valence-corrected chi connectivity index (χ3v) is 4.76. The maximum atomic E-state index is 12.4. The predicted molar refractivity (Wildman–Crippen MR) is 84.7 cm³/mol. The SMILES string of the molecule is CC(C)c1cccc(NC(=O)N2C(C)SCC2C(=O)O)c1. The predicted octanol–water partition coefficient (Wildman–Crippen LogP) is 3.19. The highest BCUT2D eigenvalue weighted by Crippen LogP contribution is 2.29. The highest BCUT2D eigenvalue weighted by molar-refractivity contribution is 8.00. The van der Waals surface area contributed by atoms with Crippen LogP contribution in [0.1, 0.15) is 32.3 Å². The van der Waals surface area contributed by atoms with Crippen LogP contribution in [0.3, 0.4) is 0 Å². The fraction of sp³-hybridized carbons (Fsp3) is 0.467. The first-order valence-corrected chi connectivity index (χ1v) is 7.98. The monoisotopic (exact) mass is 308 g/mol. The maximum Gasteiger partial charge on any atom is 0.327 e. The number of anilines is 1. The number of hydrogen-bond donors (Lipinski definition) is 2. The maximum absolute atomic E-state index is 12.4. The van der Waals surface area contributed by atoms with E-state index in [0.29, 0.717) is 17.4 Å². The minimum atomic E-state index is -0.960. The lowest BCUT2D eigenvalue weighted by Crippen LogP contribution is -2.46. The number of nitrogens with zero attached hydrogens (tertiary/aromatic N) is 1. The second-order valence-electron chi connectivity index (χ2n) is 5.40. The first-order valence-electron chi connectivity index (χ1n) is 6.94. The van der Waals surface area contributed by atoms with Crippen molar-refractivity contribution in [2.75, 3.05) is 11.1 Å². The molecule has 0 bridgehead atoms. The molecule has 1 saturated heterocycles. The Morgan fingerprint density at radius 1 is 1.43 bits per heavy atom. The molecule has 2 rings (SSSR count). The molecule has 0 spiro atoms. The summed E-state index contributed by atoms with van der Waals surface area (Å²) in [5, 5.41) is 11.9. The Balaban J connectivity index is 2.13. The van der Waals surface area contributed by atoms with Gasteiger partial charge in [0.25, 0.3) is 0 Å². The third kappa shape index (κ3) is 3.50. The average molecular weight is 308 g/mol. The van der Waals surface area contributed by atoms with Gasteiger partial charge in [0.2, 0.25) is 0 Å². The average Bonchev–Trinajstić information content (AvgIpc) is 2.81. The van der Waals surface area contributed by atoms with Crippen LogP contribution in [-0.4, -0.2) is 39.2 Å². The van der Waals surface area contributed by atoms with Crippen molar-refractivity contribution in [2.45, 2.75) is 38.1 Å². The summed E-state index contributed by atoms with van der Waals surface area (Å²) in [7, 11) is 0. The molecule has 0 radical (unpaired) electrons.